The summed E-state index contributed by atoms with van der Waals surface area (Å²) < 4.78 is 7.44. The minimum Gasteiger partial charge on any atom is -0.364 e. The number of amides is 1. The second-order valence-corrected chi connectivity index (χ2v) is 7.25. The zero-order valence-corrected chi connectivity index (χ0v) is 15.8. The van der Waals surface area contributed by atoms with Crippen LogP contribution in [-0.2, 0) is 13.0 Å². The number of hydrogen-bond acceptors (Lipinski definition) is 3. The van der Waals surface area contributed by atoms with E-state index in [4.69, 9.17) is 4.52 Å². The van der Waals surface area contributed by atoms with Gasteiger partial charge in [0.1, 0.15) is 6.26 Å². The highest BCUT2D eigenvalue weighted by atomic mass is 16.5. The Hall–Kier alpha value is -2.04. The molecule has 25 heavy (non-hydrogen) atoms. The van der Waals surface area contributed by atoms with Crippen LogP contribution in [0.25, 0.3) is 0 Å². The van der Waals surface area contributed by atoms with Crippen LogP contribution in [0.1, 0.15) is 78.1 Å². The predicted octanol–water partition coefficient (Wildman–Crippen LogP) is 4.43. The van der Waals surface area contributed by atoms with Crippen molar-refractivity contribution in [2.45, 2.75) is 71.9 Å². The van der Waals surface area contributed by atoms with E-state index in [0.29, 0.717) is 12.6 Å². The van der Waals surface area contributed by atoms with Gasteiger partial charge in [-0.3, -0.25) is 4.79 Å². The average molecular weight is 343 g/mol. The second-order valence-electron chi connectivity index (χ2n) is 7.25. The van der Waals surface area contributed by atoms with Crippen molar-refractivity contribution in [2.75, 3.05) is 7.05 Å². The van der Waals surface area contributed by atoms with E-state index in [9.17, 15) is 4.79 Å². The maximum absolute atomic E-state index is 13.0. The molecule has 1 fully saturated rings. The van der Waals surface area contributed by atoms with Crippen LogP contribution in [0.2, 0.25) is 0 Å². The lowest BCUT2D eigenvalue weighted by atomic mass is 9.95. The molecule has 136 valence electrons. The molecule has 5 heteroatoms. The normalized spacial score (nSPS) is 15.5. The number of rotatable bonds is 5. The number of nitrogens with zero attached hydrogens (tertiary/aromatic N) is 3. The monoisotopic (exact) mass is 343 g/mol. The van der Waals surface area contributed by atoms with Gasteiger partial charge in [0.25, 0.3) is 5.91 Å². The topological polar surface area (TPSA) is 51.3 Å². The molecule has 3 rings (SSSR count). The Kier molecular flexibility index (Phi) is 5.30. The summed E-state index contributed by atoms with van der Waals surface area (Å²) in [6.45, 7) is 6.77. The minimum absolute atomic E-state index is 0.0680. The van der Waals surface area contributed by atoms with Crippen LogP contribution >= 0.6 is 0 Å². The van der Waals surface area contributed by atoms with E-state index in [0.717, 1.165) is 28.9 Å². The van der Waals surface area contributed by atoms with Gasteiger partial charge in [0, 0.05) is 30.0 Å². The highest BCUT2D eigenvalue weighted by Gasteiger charge is 2.24. The molecule has 0 aromatic carbocycles. The SMILES string of the molecule is CCc1nocc1CN(C)C(=O)c1cc(C)n(C2CCCCC2)c1C. The van der Waals surface area contributed by atoms with Gasteiger partial charge in [-0.25, -0.2) is 0 Å². The first kappa shape index (κ1) is 17.8. The molecule has 1 saturated carbocycles. The van der Waals surface area contributed by atoms with Crippen LogP contribution in [0.5, 0.6) is 0 Å². The largest absolute Gasteiger partial charge is 0.364 e. The fraction of sp³-hybridized carbons (Fsp3) is 0.600. The van der Waals surface area contributed by atoms with E-state index in [1.807, 2.05) is 14.0 Å². The van der Waals surface area contributed by atoms with Gasteiger partial charge in [0.05, 0.1) is 17.8 Å². The molecular formula is C20H29N3O2. The predicted molar refractivity (Wildman–Crippen MR) is 97.7 cm³/mol. The van der Waals surface area contributed by atoms with E-state index in [1.54, 1.807) is 11.2 Å². The average Bonchev–Trinajstić information content (AvgIpc) is 3.18. The van der Waals surface area contributed by atoms with Crippen molar-refractivity contribution < 1.29 is 9.32 Å². The quantitative estimate of drug-likeness (QED) is 0.807. The standard InChI is InChI=1S/C20H29N3O2/c1-5-19-16(13-25-21-19)12-22(4)20(24)18-11-14(2)23(15(18)3)17-9-7-6-8-10-17/h11,13,17H,5-10,12H2,1-4H3. The van der Waals surface area contributed by atoms with Gasteiger partial charge in [0.2, 0.25) is 0 Å². The van der Waals surface area contributed by atoms with Gasteiger partial charge in [-0.1, -0.05) is 31.3 Å². The number of carbonyl (C=O) groups is 1. The van der Waals surface area contributed by atoms with Crippen LogP contribution in [0, 0.1) is 13.8 Å². The van der Waals surface area contributed by atoms with Gasteiger partial charge in [-0.05, 0) is 39.2 Å². The first-order valence-corrected chi connectivity index (χ1v) is 9.39. The first-order chi connectivity index (χ1) is 12.0. The Morgan fingerprint density at radius 3 is 2.72 bits per heavy atom. The molecule has 5 nitrogen and oxygen atoms in total. The van der Waals surface area contributed by atoms with Crippen LogP contribution in [0.3, 0.4) is 0 Å². The van der Waals surface area contributed by atoms with Crippen molar-refractivity contribution >= 4 is 5.91 Å². The summed E-state index contributed by atoms with van der Waals surface area (Å²) in [5.41, 5.74) is 5.02. The van der Waals surface area contributed by atoms with Crippen molar-refractivity contribution in [3.05, 3.63) is 40.5 Å². The Morgan fingerprint density at radius 2 is 2.04 bits per heavy atom. The minimum atomic E-state index is 0.0680. The molecule has 1 aliphatic rings. The van der Waals surface area contributed by atoms with Crippen molar-refractivity contribution in [3.8, 4) is 0 Å². The van der Waals surface area contributed by atoms with Crippen molar-refractivity contribution in [3.63, 3.8) is 0 Å². The maximum Gasteiger partial charge on any atom is 0.255 e. The fourth-order valence-corrected chi connectivity index (χ4v) is 4.13. The van der Waals surface area contributed by atoms with Gasteiger partial charge in [-0.2, -0.15) is 0 Å². The number of aromatic nitrogens is 2. The Bertz CT molecular complexity index is 738. The molecule has 1 amide bonds. The molecule has 0 saturated heterocycles. The Balaban J connectivity index is 1.80. The molecule has 0 radical (unpaired) electrons. The lowest BCUT2D eigenvalue weighted by Gasteiger charge is -2.26. The van der Waals surface area contributed by atoms with Gasteiger partial charge in [-0.15, -0.1) is 0 Å². The maximum atomic E-state index is 13.0. The fourth-order valence-electron chi connectivity index (χ4n) is 4.13. The van der Waals surface area contributed by atoms with Crippen LogP contribution in [-0.4, -0.2) is 27.6 Å². The summed E-state index contributed by atoms with van der Waals surface area (Å²) in [5, 5.41) is 4.00. The smallest absolute Gasteiger partial charge is 0.255 e. The van der Waals surface area contributed by atoms with Crippen molar-refractivity contribution in [1.82, 2.24) is 14.6 Å². The summed E-state index contributed by atoms with van der Waals surface area (Å²) in [6.07, 6.45) is 8.82. The molecule has 0 aliphatic heterocycles. The molecule has 2 aromatic rings. The van der Waals surface area contributed by atoms with Gasteiger partial charge >= 0.3 is 0 Å². The molecular weight excluding hydrogens is 314 g/mol. The first-order valence-electron chi connectivity index (χ1n) is 9.39. The third kappa shape index (κ3) is 3.51. The van der Waals surface area contributed by atoms with Gasteiger partial charge in [0.15, 0.2) is 0 Å². The lowest BCUT2D eigenvalue weighted by molar-refractivity contribution is 0.0783. The van der Waals surface area contributed by atoms with Crippen LogP contribution < -0.4 is 0 Å². The summed E-state index contributed by atoms with van der Waals surface area (Å²) in [4.78, 5) is 14.8. The Morgan fingerprint density at radius 1 is 1.32 bits per heavy atom. The summed E-state index contributed by atoms with van der Waals surface area (Å²) in [5.74, 6) is 0.0680. The molecule has 0 spiro atoms. The molecule has 2 aromatic heterocycles. The Labute approximate surface area is 150 Å². The third-order valence-electron chi connectivity index (χ3n) is 5.47. The van der Waals surface area contributed by atoms with E-state index in [-0.39, 0.29) is 5.91 Å². The van der Waals surface area contributed by atoms with Crippen molar-refractivity contribution in [1.29, 1.82) is 0 Å². The highest BCUT2D eigenvalue weighted by molar-refractivity contribution is 5.95. The molecule has 1 aliphatic carbocycles. The van der Waals surface area contributed by atoms with Crippen LogP contribution in [0.4, 0.5) is 0 Å². The van der Waals surface area contributed by atoms with Gasteiger partial charge < -0.3 is 14.0 Å². The van der Waals surface area contributed by atoms with E-state index >= 15 is 0 Å². The molecule has 0 bridgehead atoms. The third-order valence-corrected chi connectivity index (χ3v) is 5.47. The van der Waals surface area contributed by atoms with E-state index < -0.39 is 0 Å². The molecule has 0 unspecified atom stereocenters. The summed E-state index contributed by atoms with van der Waals surface area (Å²) in [6, 6.07) is 2.60. The number of carbonyl (C=O) groups excluding carboxylic acids is 1. The van der Waals surface area contributed by atoms with E-state index in [1.165, 1.54) is 37.8 Å². The summed E-state index contributed by atoms with van der Waals surface area (Å²) >= 11 is 0. The molecule has 0 N–H and O–H groups in total. The summed E-state index contributed by atoms with van der Waals surface area (Å²) in [7, 11) is 1.85. The zero-order chi connectivity index (χ0) is 18.0. The number of hydrogen-bond donors (Lipinski definition) is 0. The lowest BCUT2D eigenvalue weighted by Crippen LogP contribution is -2.27. The number of aryl methyl sites for hydroxylation is 2. The highest BCUT2D eigenvalue weighted by Crippen LogP contribution is 2.32. The molecule has 2 heterocycles. The van der Waals surface area contributed by atoms with Crippen LogP contribution in [0.15, 0.2) is 16.9 Å². The van der Waals surface area contributed by atoms with E-state index in [2.05, 4.69) is 29.6 Å². The molecule has 0 atom stereocenters. The van der Waals surface area contributed by atoms with Crippen molar-refractivity contribution in [2.24, 2.45) is 0 Å². The second kappa shape index (κ2) is 7.46. The zero-order valence-electron chi connectivity index (χ0n) is 15.8.